The quantitative estimate of drug-likeness (QED) is 0.392. The molecule has 0 rings (SSSR count). The molecule has 0 aromatic carbocycles. The van der Waals surface area contributed by atoms with Crippen molar-refractivity contribution in [2.45, 2.75) is 6.92 Å². The van der Waals surface area contributed by atoms with Gasteiger partial charge in [0.2, 0.25) is 0 Å². The van der Waals surface area contributed by atoms with Crippen LogP contribution in [0.2, 0.25) is 0 Å². The Kier molecular flexibility index (Phi) is 2.57. The monoisotopic (exact) mass is 90.0 g/mol. The first-order valence-corrected chi connectivity index (χ1v) is 1.90. The molecule has 0 saturated carbocycles. The molecule has 34 valence electrons. The molecule has 0 radical (unpaired) electrons. The van der Waals surface area contributed by atoms with Crippen molar-refractivity contribution in [3.05, 3.63) is 11.6 Å². The van der Waals surface area contributed by atoms with E-state index in [-0.39, 0.29) is 0 Å². The Morgan fingerprint density at radius 2 is 2.14 bits per heavy atom. The van der Waals surface area contributed by atoms with Crippen LogP contribution in [0.15, 0.2) is 11.6 Å². The van der Waals surface area contributed by atoms with Crippen LogP contribution in [-0.2, 0) is 0 Å². The Bertz CT molecular complexity index is 148. The smallest absolute Gasteiger partial charge is 0.00698 e. The van der Waals surface area contributed by atoms with Gasteiger partial charge in [-0.15, -0.1) is 12.8 Å². The van der Waals surface area contributed by atoms with Gasteiger partial charge in [-0.05, 0) is 13.0 Å². The Morgan fingerprint density at radius 3 is 2.29 bits per heavy atom. The van der Waals surface area contributed by atoms with Gasteiger partial charge in [0.25, 0.3) is 0 Å². The molecule has 0 aliphatic carbocycles. The molecule has 0 unspecified atom stereocenters. The molecule has 0 fully saturated rings. The SMILES string of the molecule is C#C/C=C(\C)C#C. The van der Waals surface area contributed by atoms with Crippen molar-refractivity contribution in [1.82, 2.24) is 0 Å². The molecule has 0 aliphatic heterocycles. The van der Waals surface area contributed by atoms with Gasteiger partial charge in [-0.2, -0.15) is 0 Å². The average Bonchev–Trinajstić information content (AvgIpc) is 1.68. The van der Waals surface area contributed by atoms with Crippen LogP contribution in [0, 0.1) is 24.7 Å². The van der Waals surface area contributed by atoms with E-state index >= 15 is 0 Å². The molecule has 0 aromatic rings. The van der Waals surface area contributed by atoms with Gasteiger partial charge in [0.05, 0.1) is 0 Å². The predicted octanol–water partition coefficient (Wildman–Crippen LogP) is 1.20. The van der Waals surface area contributed by atoms with Crippen LogP contribution in [0.25, 0.3) is 0 Å². The second-order valence-electron chi connectivity index (χ2n) is 1.14. The topological polar surface area (TPSA) is 0 Å². The molecular formula is C7H6. The fraction of sp³-hybridized carbons (Fsp3) is 0.143. The van der Waals surface area contributed by atoms with E-state index in [1.807, 2.05) is 0 Å². The summed E-state index contributed by atoms with van der Waals surface area (Å²) in [6.45, 7) is 1.79. The standard InChI is InChI=1S/C7H6/c1-4-6-7(3)5-2/h1-2,6H,3H3/b7-6+. The normalized spacial score (nSPS) is 9.29. The third-order valence-electron chi connectivity index (χ3n) is 0.528. The van der Waals surface area contributed by atoms with E-state index in [9.17, 15) is 0 Å². The number of hydrogen-bond donors (Lipinski definition) is 0. The van der Waals surface area contributed by atoms with Crippen molar-refractivity contribution >= 4 is 0 Å². The zero-order valence-corrected chi connectivity index (χ0v) is 4.23. The summed E-state index contributed by atoms with van der Waals surface area (Å²) >= 11 is 0. The van der Waals surface area contributed by atoms with E-state index in [2.05, 4.69) is 11.8 Å². The molecule has 0 saturated heterocycles. The first-order chi connectivity index (χ1) is 3.31. The summed E-state index contributed by atoms with van der Waals surface area (Å²) in [7, 11) is 0. The van der Waals surface area contributed by atoms with Crippen LogP contribution >= 0.6 is 0 Å². The molecule has 0 heterocycles. The maximum Gasteiger partial charge on any atom is 0.00698 e. The predicted molar refractivity (Wildman–Crippen MR) is 31.4 cm³/mol. The third kappa shape index (κ3) is 2.67. The van der Waals surface area contributed by atoms with E-state index in [1.54, 1.807) is 13.0 Å². The molecule has 7 heavy (non-hydrogen) atoms. The lowest BCUT2D eigenvalue weighted by molar-refractivity contribution is 1.60. The van der Waals surface area contributed by atoms with Crippen LogP contribution in [0.5, 0.6) is 0 Å². The zero-order valence-electron chi connectivity index (χ0n) is 4.23. The van der Waals surface area contributed by atoms with Crippen molar-refractivity contribution in [3.63, 3.8) is 0 Å². The molecule has 0 spiro atoms. The van der Waals surface area contributed by atoms with Gasteiger partial charge in [0.15, 0.2) is 0 Å². The van der Waals surface area contributed by atoms with Crippen LogP contribution < -0.4 is 0 Å². The van der Waals surface area contributed by atoms with Gasteiger partial charge < -0.3 is 0 Å². The Morgan fingerprint density at radius 1 is 1.57 bits per heavy atom. The summed E-state index contributed by atoms with van der Waals surface area (Å²) in [6.07, 6.45) is 11.4. The van der Waals surface area contributed by atoms with Crippen LogP contribution in [0.3, 0.4) is 0 Å². The lowest BCUT2D eigenvalue weighted by Crippen LogP contribution is -1.61. The molecular weight excluding hydrogens is 84.1 g/mol. The maximum absolute atomic E-state index is 4.94. The van der Waals surface area contributed by atoms with E-state index in [4.69, 9.17) is 12.8 Å². The lowest BCUT2D eigenvalue weighted by atomic mass is 10.3. The van der Waals surface area contributed by atoms with Gasteiger partial charge in [-0.1, -0.05) is 11.8 Å². The fourth-order valence-electron chi connectivity index (χ4n) is 0.167. The molecule has 0 atom stereocenters. The summed E-state index contributed by atoms with van der Waals surface area (Å²) in [5, 5.41) is 0. The van der Waals surface area contributed by atoms with E-state index < -0.39 is 0 Å². The van der Waals surface area contributed by atoms with E-state index in [0.29, 0.717) is 0 Å². The average molecular weight is 90.1 g/mol. The Labute approximate surface area is 44.2 Å². The van der Waals surface area contributed by atoms with Gasteiger partial charge in [-0.3, -0.25) is 0 Å². The van der Waals surface area contributed by atoms with E-state index in [1.165, 1.54) is 0 Å². The highest BCUT2D eigenvalue weighted by molar-refractivity contribution is 5.29. The number of rotatable bonds is 0. The van der Waals surface area contributed by atoms with Gasteiger partial charge in [-0.25, -0.2) is 0 Å². The Hall–Kier alpha value is -1.14. The van der Waals surface area contributed by atoms with Crippen molar-refractivity contribution in [2.24, 2.45) is 0 Å². The zero-order chi connectivity index (χ0) is 5.70. The second kappa shape index (κ2) is 3.07. The van der Waals surface area contributed by atoms with E-state index in [0.717, 1.165) is 5.57 Å². The highest BCUT2D eigenvalue weighted by Crippen LogP contribution is 1.83. The first kappa shape index (κ1) is 5.86. The first-order valence-electron chi connectivity index (χ1n) is 1.90. The van der Waals surface area contributed by atoms with Crippen molar-refractivity contribution < 1.29 is 0 Å². The fourth-order valence-corrected chi connectivity index (χ4v) is 0.167. The minimum atomic E-state index is 0.794. The third-order valence-corrected chi connectivity index (χ3v) is 0.528. The van der Waals surface area contributed by atoms with Crippen molar-refractivity contribution in [1.29, 1.82) is 0 Å². The molecule has 0 N–H and O–H groups in total. The van der Waals surface area contributed by atoms with Crippen molar-refractivity contribution in [3.8, 4) is 24.7 Å². The maximum atomic E-state index is 4.94. The van der Waals surface area contributed by atoms with Crippen LogP contribution in [-0.4, -0.2) is 0 Å². The van der Waals surface area contributed by atoms with Gasteiger partial charge in [0, 0.05) is 5.57 Å². The highest BCUT2D eigenvalue weighted by atomic mass is 13.7. The lowest BCUT2D eigenvalue weighted by Gasteiger charge is -1.74. The van der Waals surface area contributed by atoms with Crippen LogP contribution in [0.1, 0.15) is 6.92 Å². The second-order valence-corrected chi connectivity index (χ2v) is 1.14. The summed E-state index contributed by atoms with van der Waals surface area (Å²) < 4.78 is 0. The number of allylic oxidation sites excluding steroid dienone is 2. The number of terminal acetylenes is 2. The minimum Gasteiger partial charge on any atom is -0.115 e. The van der Waals surface area contributed by atoms with Crippen LogP contribution in [0.4, 0.5) is 0 Å². The molecule has 0 aliphatic rings. The molecule has 0 nitrogen and oxygen atoms in total. The van der Waals surface area contributed by atoms with Gasteiger partial charge >= 0.3 is 0 Å². The Balaban J connectivity index is 3.89. The van der Waals surface area contributed by atoms with Gasteiger partial charge in [0.1, 0.15) is 0 Å². The summed E-state index contributed by atoms with van der Waals surface area (Å²) in [5.74, 6) is 4.70. The van der Waals surface area contributed by atoms with Crippen molar-refractivity contribution in [2.75, 3.05) is 0 Å². The molecule has 0 amide bonds. The summed E-state index contributed by atoms with van der Waals surface area (Å²) in [6, 6.07) is 0. The minimum absolute atomic E-state index is 0.794. The largest absolute Gasteiger partial charge is 0.115 e. The summed E-state index contributed by atoms with van der Waals surface area (Å²) in [5.41, 5.74) is 0.794. The molecule has 0 bridgehead atoms. The summed E-state index contributed by atoms with van der Waals surface area (Å²) in [4.78, 5) is 0. The molecule has 0 heteroatoms. The highest BCUT2D eigenvalue weighted by Gasteiger charge is 1.69. The number of hydrogen-bond acceptors (Lipinski definition) is 0. The molecule has 0 aromatic heterocycles.